The minimum atomic E-state index is -3.79. The first-order valence-electron chi connectivity index (χ1n) is 13.7. The minimum Gasteiger partial charge on any atom is -0.466 e. The fourth-order valence-corrected chi connectivity index (χ4v) is 5.77. The van der Waals surface area contributed by atoms with Gasteiger partial charge in [-0.1, -0.05) is 18.2 Å². The Kier molecular flexibility index (Phi) is 10.6. The van der Waals surface area contributed by atoms with E-state index in [-0.39, 0.29) is 47.0 Å². The molecule has 0 aliphatic carbocycles. The summed E-state index contributed by atoms with van der Waals surface area (Å²) in [6.45, 7) is 0.894. The van der Waals surface area contributed by atoms with E-state index in [1.807, 2.05) is 0 Å². The Morgan fingerprint density at radius 2 is 1.77 bits per heavy atom. The van der Waals surface area contributed by atoms with Crippen LogP contribution in [0.5, 0.6) is 0 Å². The van der Waals surface area contributed by atoms with Gasteiger partial charge in [0.15, 0.2) is 11.6 Å². The second-order valence-corrected chi connectivity index (χ2v) is 11.8. The van der Waals surface area contributed by atoms with E-state index in [2.05, 4.69) is 21.3 Å². The van der Waals surface area contributed by atoms with Crippen LogP contribution in [0.1, 0.15) is 36.1 Å². The molecule has 0 saturated carbocycles. The molecule has 238 valence electrons. The van der Waals surface area contributed by atoms with Gasteiger partial charge in [0, 0.05) is 32.3 Å². The van der Waals surface area contributed by atoms with E-state index in [1.165, 1.54) is 25.3 Å². The molecule has 2 aromatic carbocycles. The van der Waals surface area contributed by atoms with Crippen LogP contribution in [0.2, 0.25) is 0 Å². The van der Waals surface area contributed by atoms with Crippen LogP contribution in [0.15, 0.2) is 58.6 Å². The first-order valence-corrected chi connectivity index (χ1v) is 15.2. The summed E-state index contributed by atoms with van der Waals surface area (Å²) in [5, 5.41) is 17.0. The average molecular weight is 637 g/mol. The lowest BCUT2D eigenvalue weighted by Gasteiger charge is -2.36. The molecule has 2 aliphatic heterocycles. The molecule has 16 heteroatoms. The summed E-state index contributed by atoms with van der Waals surface area (Å²) in [5.41, 5.74) is 0.716. The molecule has 4 amide bonds. The van der Waals surface area contributed by atoms with E-state index in [0.29, 0.717) is 24.4 Å². The molecule has 2 aromatic rings. The highest BCUT2D eigenvalue weighted by Crippen LogP contribution is 2.35. The van der Waals surface area contributed by atoms with Gasteiger partial charge in [-0.25, -0.2) is 41.6 Å². The number of rotatable bonds is 10. The molecular weight excluding hydrogens is 602 g/mol. The first-order chi connectivity index (χ1) is 20.9. The molecular formula is C28H34F2N6O7S. The molecule has 0 aromatic heterocycles. The number of amides is 4. The second-order valence-electron chi connectivity index (χ2n) is 10.2. The van der Waals surface area contributed by atoms with Crippen LogP contribution < -0.4 is 26.4 Å². The summed E-state index contributed by atoms with van der Waals surface area (Å²) in [4.78, 5) is 40.0. The number of primary sulfonamides is 1. The van der Waals surface area contributed by atoms with Crippen LogP contribution in [0, 0.1) is 11.6 Å². The van der Waals surface area contributed by atoms with Gasteiger partial charge in [-0.15, -0.1) is 0 Å². The van der Waals surface area contributed by atoms with Crippen molar-refractivity contribution in [2.24, 2.45) is 5.14 Å². The van der Waals surface area contributed by atoms with Gasteiger partial charge in [0.05, 0.1) is 29.9 Å². The lowest BCUT2D eigenvalue weighted by atomic mass is 9.93. The lowest BCUT2D eigenvalue weighted by molar-refractivity contribution is -0.137. The Hall–Kier alpha value is -3.96. The van der Waals surface area contributed by atoms with Crippen LogP contribution in [-0.4, -0.2) is 77.9 Å². The Labute approximate surface area is 253 Å². The van der Waals surface area contributed by atoms with Crippen molar-refractivity contribution in [3.05, 3.63) is 76.5 Å². The number of nitrogens with zero attached hydrogens (tertiary/aromatic N) is 1. The van der Waals surface area contributed by atoms with Crippen LogP contribution in [0.4, 0.5) is 18.4 Å². The van der Waals surface area contributed by atoms with E-state index in [4.69, 9.17) is 14.6 Å². The zero-order valence-electron chi connectivity index (χ0n) is 24.1. The summed E-state index contributed by atoms with van der Waals surface area (Å²) < 4.78 is 61.1. The van der Waals surface area contributed by atoms with Gasteiger partial charge >= 0.3 is 18.0 Å². The highest BCUT2D eigenvalue weighted by Gasteiger charge is 2.43. The summed E-state index contributed by atoms with van der Waals surface area (Å²) in [7, 11) is -1.35. The van der Waals surface area contributed by atoms with Gasteiger partial charge in [0.1, 0.15) is 6.04 Å². The molecule has 0 spiro atoms. The number of ether oxygens (including phenoxy) is 2. The number of methoxy groups -OCH3 is 2. The second kappa shape index (κ2) is 14.2. The monoisotopic (exact) mass is 636 g/mol. The van der Waals surface area contributed by atoms with Crippen molar-refractivity contribution >= 4 is 28.1 Å². The standard InChI is InChI=1S/C28H34F2N6O7S/c1-42-15-23-24(26(37)43-2)25(17-5-8-20(29)21(30)13-17)36(28(39)35-23)27(38)34-12-11-32-18-9-10-33-22(14-18)16-3-6-19(7-4-16)44(31,40)41/h3-8,13,18,22,25,32-33H,9-12,14-15H2,1-2H3,(H,34,38)(H,35,39)(H2,31,40,41)/t18-,22-,25-/m0/s1. The smallest absolute Gasteiger partial charge is 0.338 e. The van der Waals surface area contributed by atoms with Gasteiger partial charge in [-0.05, 0) is 54.8 Å². The highest BCUT2D eigenvalue weighted by molar-refractivity contribution is 7.89. The molecule has 4 rings (SSSR count). The van der Waals surface area contributed by atoms with Crippen molar-refractivity contribution in [2.45, 2.75) is 35.9 Å². The topological polar surface area (TPSA) is 181 Å². The number of hydrogen-bond donors (Lipinski definition) is 5. The normalized spacial score (nSPS) is 20.7. The Bertz CT molecular complexity index is 1540. The zero-order chi connectivity index (χ0) is 32.0. The molecule has 2 aliphatic rings. The summed E-state index contributed by atoms with van der Waals surface area (Å²) in [6.07, 6.45) is 1.48. The fourth-order valence-electron chi connectivity index (χ4n) is 5.26. The fraction of sp³-hybridized carbons (Fsp3) is 0.393. The van der Waals surface area contributed by atoms with Gasteiger partial charge in [0.25, 0.3) is 0 Å². The largest absolute Gasteiger partial charge is 0.466 e. The maximum atomic E-state index is 14.2. The molecule has 2 heterocycles. The number of imide groups is 1. The van der Waals surface area contributed by atoms with Crippen molar-refractivity contribution in [3.8, 4) is 0 Å². The third kappa shape index (κ3) is 7.57. The quantitative estimate of drug-likeness (QED) is 0.191. The number of carbonyl (C=O) groups excluding carboxylic acids is 3. The van der Waals surface area contributed by atoms with E-state index in [9.17, 15) is 31.6 Å². The predicted molar refractivity (Wildman–Crippen MR) is 153 cm³/mol. The van der Waals surface area contributed by atoms with E-state index in [0.717, 1.165) is 31.2 Å². The Morgan fingerprint density at radius 1 is 1.07 bits per heavy atom. The number of hydrogen-bond acceptors (Lipinski definition) is 9. The lowest BCUT2D eigenvalue weighted by Crippen LogP contribution is -2.56. The molecule has 0 bridgehead atoms. The minimum absolute atomic E-state index is 0.0181. The number of nitrogens with two attached hydrogens (primary N) is 1. The number of halogens is 2. The van der Waals surface area contributed by atoms with Crippen molar-refractivity contribution in [1.82, 2.24) is 26.2 Å². The number of carbonyl (C=O) groups is 3. The SMILES string of the molecule is COCC1=C(C(=O)OC)[C@H](c2ccc(F)c(F)c2)N(C(=O)NCCN[C@H]2CCN[C@H](c3ccc(S(N)(=O)=O)cc3)C2)C(=O)N1. The Morgan fingerprint density at radius 3 is 2.41 bits per heavy atom. The van der Waals surface area contributed by atoms with Gasteiger partial charge in [-0.3, -0.25) is 0 Å². The molecule has 1 fully saturated rings. The molecule has 13 nitrogen and oxygen atoms in total. The number of urea groups is 2. The van der Waals surface area contributed by atoms with Gasteiger partial charge in [-0.2, -0.15) is 0 Å². The van der Waals surface area contributed by atoms with Crippen molar-refractivity contribution in [2.75, 3.05) is 40.5 Å². The Balaban J connectivity index is 1.43. The van der Waals surface area contributed by atoms with Crippen LogP contribution >= 0.6 is 0 Å². The molecule has 44 heavy (non-hydrogen) atoms. The highest BCUT2D eigenvalue weighted by atomic mass is 32.2. The average Bonchev–Trinajstić information content (AvgIpc) is 3.00. The van der Waals surface area contributed by atoms with E-state index >= 15 is 0 Å². The van der Waals surface area contributed by atoms with Crippen molar-refractivity contribution in [1.29, 1.82) is 0 Å². The van der Waals surface area contributed by atoms with Crippen molar-refractivity contribution < 1.29 is 41.1 Å². The van der Waals surface area contributed by atoms with Crippen LogP contribution in [-0.2, 0) is 24.3 Å². The van der Waals surface area contributed by atoms with E-state index < -0.39 is 45.7 Å². The number of sulfonamides is 1. The summed E-state index contributed by atoms with van der Waals surface area (Å²) in [6, 6.07) is 5.97. The molecule has 1 saturated heterocycles. The zero-order valence-corrected chi connectivity index (χ0v) is 24.9. The summed E-state index contributed by atoms with van der Waals surface area (Å²) >= 11 is 0. The summed E-state index contributed by atoms with van der Waals surface area (Å²) in [5.74, 6) is -3.26. The third-order valence-electron chi connectivity index (χ3n) is 7.35. The number of esters is 1. The number of piperidine rings is 1. The van der Waals surface area contributed by atoms with Crippen molar-refractivity contribution in [3.63, 3.8) is 0 Å². The third-order valence-corrected chi connectivity index (χ3v) is 8.28. The predicted octanol–water partition coefficient (Wildman–Crippen LogP) is 1.54. The van der Waals surface area contributed by atoms with Gasteiger partial charge in [0.2, 0.25) is 10.0 Å². The first kappa shape index (κ1) is 32.9. The molecule has 6 N–H and O–H groups in total. The molecule has 3 atom stereocenters. The molecule has 0 unspecified atom stereocenters. The maximum absolute atomic E-state index is 14.2. The number of nitrogens with one attached hydrogen (secondary N) is 4. The van der Waals surface area contributed by atoms with Crippen LogP contribution in [0.3, 0.4) is 0 Å². The van der Waals surface area contributed by atoms with Crippen LogP contribution in [0.25, 0.3) is 0 Å². The van der Waals surface area contributed by atoms with Gasteiger partial charge < -0.3 is 30.7 Å². The number of benzene rings is 2. The van der Waals surface area contributed by atoms with E-state index in [1.54, 1.807) is 12.1 Å². The maximum Gasteiger partial charge on any atom is 0.338 e. The molecule has 0 radical (unpaired) electrons.